The Morgan fingerprint density at radius 3 is 2.80 bits per heavy atom. The first-order valence-corrected chi connectivity index (χ1v) is 10.3. The van der Waals surface area contributed by atoms with Crippen LogP contribution in [0.1, 0.15) is 30.0 Å². The van der Waals surface area contributed by atoms with Crippen LogP contribution in [-0.2, 0) is 4.79 Å². The molecule has 0 aliphatic carbocycles. The molecule has 158 valence electrons. The first-order chi connectivity index (χ1) is 14.6. The van der Waals surface area contributed by atoms with E-state index in [2.05, 4.69) is 0 Å². The average Bonchev–Trinajstić information content (AvgIpc) is 3.27. The highest BCUT2D eigenvalue weighted by molar-refractivity contribution is 6.32. The van der Waals surface area contributed by atoms with Gasteiger partial charge in [-0.3, -0.25) is 4.79 Å². The lowest BCUT2D eigenvalue weighted by Crippen LogP contribution is -2.29. The number of carbonyl (C=O) groups is 1. The molecule has 2 aliphatic rings. The van der Waals surface area contributed by atoms with Gasteiger partial charge in [0.25, 0.3) is 0 Å². The predicted molar refractivity (Wildman–Crippen MR) is 115 cm³/mol. The van der Waals surface area contributed by atoms with Gasteiger partial charge < -0.3 is 23.8 Å². The van der Waals surface area contributed by atoms with Gasteiger partial charge in [0, 0.05) is 18.2 Å². The Morgan fingerprint density at radius 1 is 1.17 bits per heavy atom. The number of halogens is 1. The number of nitrogens with zero attached hydrogens (tertiary/aromatic N) is 1. The predicted octanol–water partition coefficient (Wildman–Crippen LogP) is 4.51. The third kappa shape index (κ3) is 4.05. The van der Waals surface area contributed by atoms with Crippen molar-refractivity contribution in [1.29, 1.82) is 0 Å². The van der Waals surface area contributed by atoms with E-state index in [-0.39, 0.29) is 11.9 Å². The summed E-state index contributed by atoms with van der Waals surface area (Å²) in [4.78, 5) is 14.9. The summed E-state index contributed by atoms with van der Waals surface area (Å²) in [6.07, 6.45) is 5.14. The minimum Gasteiger partial charge on any atom is -0.497 e. The monoisotopic (exact) mass is 429 g/mol. The molecule has 0 N–H and O–H groups in total. The SMILES string of the molecule is COc1ccc(OC)c(C2CCCN2C(=O)/C=C/c2cc(Cl)c3c(c2)OCCO3)c1. The Balaban J connectivity index is 1.55. The van der Waals surface area contributed by atoms with Gasteiger partial charge in [0.2, 0.25) is 5.91 Å². The van der Waals surface area contributed by atoms with Crippen LogP contribution < -0.4 is 18.9 Å². The molecule has 0 bridgehead atoms. The molecule has 7 heteroatoms. The maximum atomic E-state index is 13.0. The number of amides is 1. The van der Waals surface area contributed by atoms with E-state index < -0.39 is 0 Å². The Labute approximate surface area is 180 Å². The molecule has 0 aromatic heterocycles. The summed E-state index contributed by atoms with van der Waals surface area (Å²) in [5.41, 5.74) is 1.74. The first-order valence-electron chi connectivity index (χ1n) is 9.90. The number of ether oxygens (including phenoxy) is 4. The van der Waals surface area contributed by atoms with E-state index in [4.69, 9.17) is 30.5 Å². The van der Waals surface area contributed by atoms with Crippen molar-refractivity contribution < 1.29 is 23.7 Å². The number of rotatable bonds is 5. The van der Waals surface area contributed by atoms with E-state index in [1.165, 1.54) is 0 Å². The van der Waals surface area contributed by atoms with Crippen LogP contribution in [0.5, 0.6) is 23.0 Å². The maximum absolute atomic E-state index is 13.0. The fourth-order valence-corrected chi connectivity index (χ4v) is 4.22. The van der Waals surface area contributed by atoms with Gasteiger partial charge in [0.05, 0.1) is 25.3 Å². The summed E-state index contributed by atoms with van der Waals surface area (Å²) >= 11 is 6.29. The van der Waals surface area contributed by atoms with Crippen molar-refractivity contribution in [1.82, 2.24) is 4.90 Å². The van der Waals surface area contributed by atoms with E-state index in [1.807, 2.05) is 29.2 Å². The molecule has 2 aromatic rings. The van der Waals surface area contributed by atoms with Gasteiger partial charge in [-0.2, -0.15) is 0 Å². The minimum atomic E-state index is -0.0617. The van der Waals surface area contributed by atoms with E-state index in [0.29, 0.717) is 36.3 Å². The van der Waals surface area contributed by atoms with Crippen molar-refractivity contribution >= 4 is 23.6 Å². The van der Waals surface area contributed by atoms with Crippen molar-refractivity contribution in [2.45, 2.75) is 18.9 Å². The molecule has 6 nitrogen and oxygen atoms in total. The number of hydrogen-bond donors (Lipinski definition) is 0. The molecule has 0 spiro atoms. The standard InChI is InChI=1S/C23H24ClNO5/c1-27-16-6-7-20(28-2)17(14-16)19-4-3-9-25(19)22(26)8-5-15-12-18(24)23-21(13-15)29-10-11-30-23/h5-8,12-14,19H,3-4,9-11H2,1-2H3/b8-5+. The van der Waals surface area contributed by atoms with Gasteiger partial charge in [-0.1, -0.05) is 11.6 Å². The van der Waals surface area contributed by atoms with Gasteiger partial charge in [-0.25, -0.2) is 0 Å². The van der Waals surface area contributed by atoms with Crippen molar-refractivity contribution in [2.75, 3.05) is 34.0 Å². The zero-order valence-corrected chi connectivity index (χ0v) is 17.8. The van der Waals surface area contributed by atoms with Crippen LogP contribution in [0.15, 0.2) is 36.4 Å². The molecular formula is C23H24ClNO5. The van der Waals surface area contributed by atoms with Gasteiger partial charge >= 0.3 is 0 Å². The Kier molecular flexibility index (Phi) is 6.04. The van der Waals surface area contributed by atoms with Crippen molar-refractivity contribution in [3.05, 3.63) is 52.6 Å². The van der Waals surface area contributed by atoms with Crippen LogP contribution in [0.3, 0.4) is 0 Å². The molecule has 2 aromatic carbocycles. The highest BCUT2D eigenvalue weighted by Crippen LogP contribution is 2.40. The normalized spacial score (nSPS) is 18.0. The number of carbonyl (C=O) groups excluding carboxylic acids is 1. The molecular weight excluding hydrogens is 406 g/mol. The van der Waals surface area contributed by atoms with E-state index in [0.717, 1.165) is 35.5 Å². The second-order valence-corrected chi connectivity index (χ2v) is 7.56. The van der Waals surface area contributed by atoms with E-state index in [9.17, 15) is 4.79 Å². The lowest BCUT2D eigenvalue weighted by molar-refractivity contribution is -0.126. The molecule has 2 aliphatic heterocycles. The minimum absolute atomic E-state index is 0.0592. The van der Waals surface area contributed by atoms with Gasteiger partial charge in [0.15, 0.2) is 11.5 Å². The molecule has 30 heavy (non-hydrogen) atoms. The molecule has 0 radical (unpaired) electrons. The van der Waals surface area contributed by atoms with Crippen LogP contribution in [0, 0.1) is 0 Å². The average molecular weight is 430 g/mol. The summed E-state index contributed by atoms with van der Waals surface area (Å²) in [5, 5.41) is 0.472. The lowest BCUT2D eigenvalue weighted by Gasteiger charge is -2.25. The molecule has 1 unspecified atom stereocenters. The largest absolute Gasteiger partial charge is 0.497 e. The maximum Gasteiger partial charge on any atom is 0.247 e. The third-order valence-corrected chi connectivity index (χ3v) is 5.65. The summed E-state index contributed by atoms with van der Waals surface area (Å²) in [5.74, 6) is 2.58. The van der Waals surface area contributed by atoms with Crippen LogP contribution in [0.25, 0.3) is 6.08 Å². The van der Waals surface area contributed by atoms with E-state index in [1.54, 1.807) is 32.4 Å². The van der Waals surface area contributed by atoms with Crippen LogP contribution in [0.4, 0.5) is 0 Å². The number of hydrogen-bond acceptors (Lipinski definition) is 5. The quantitative estimate of drug-likeness (QED) is 0.655. The Hall–Kier alpha value is -2.86. The molecule has 2 heterocycles. The molecule has 1 amide bonds. The molecule has 1 fully saturated rings. The van der Waals surface area contributed by atoms with Gasteiger partial charge in [0.1, 0.15) is 24.7 Å². The number of benzene rings is 2. The molecule has 1 atom stereocenters. The van der Waals surface area contributed by atoms with Crippen LogP contribution in [0.2, 0.25) is 5.02 Å². The first kappa shape index (κ1) is 20.4. The van der Waals surface area contributed by atoms with Crippen molar-refractivity contribution in [3.8, 4) is 23.0 Å². The zero-order chi connectivity index (χ0) is 21.1. The van der Waals surface area contributed by atoms with Gasteiger partial charge in [-0.05, 0) is 54.8 Å². The van der Waals surface area contributed by atoms with Crippen molar-refractivity contribution in [3.63, 3.8) is 0 Å². The summed E-state index contributed by atoms with van der Waals surface area (Å²) in [7, 11) is 3.27. The zero-order valence-electron chi connectivity index (χ0n) is 17.0. The third-order valence-electron chi connectivity index (χ3n) is 5.37. The van der Waals surface area contributed by atoms with E-state index >= 15 is 0 Å². The summed E-state index contributed by atoms with van der Waals surface area (Å²) < 4.78 is 22.0. The fraction of sp³-hybridized carbons (Fsp3) is 0.348. The highest BCUT2D eigenvalue weighted by Gasteiger charge is 2.31. The molecule has 0 saturated carbocycles. The fourth-order valence-electron chi connectivity index (χ4n) is 3.94. The topological polar surface area (TPSA) is 57.2 Å². The van der Waals surface area contributed by atoms with Crippen LogP contribution >= 0.6 is 11.6 Å². The number of fused-ring (bicyclic) bond motifs is 1. The van der Waals surface area contributed by atoms with Crippen molar-refractivity contribution in [2.24, 2.45) is 0 Å². The summed E-state index contributed by atoms with van der Waals surface area (Å²) in [6.45, 7) is 1.65. The Bertz CT molecular complexity index is 974. The van der Waals surface area contributed by atoms with Gasteiger partial charge in [-0.15, -0.1) is 0 Å². The van der Waals surface area contributed by atoms with Crippen LogP contribution in [-0.4, -0.2) is 44.8 Å². The number of methoxy groups -OCH3 is 2. The smallest absolute Gasteiger partial charge is 0.247 e. The molecule has 4 rings (SSSR count). The Morgan fingerprint density at radius 2 is 2.00 bits per heavy atom. The summed E-state index contributed by atoms with van der Waals surface area (Å²) in [6, 6.07) is 9.22. The second-order valence-electron chi connectivity index (χ2n) is 7.16. The number of likely N-dealkylation sites (tertiary alicyclic amines) is 1. The highest BCUT2D eigenvalue weighted by atomic mass is 35.5. The lowest BCUT2D eigenvalue weighted by atomic mass is 10.0. The molecule has 1 saturated heterocycles. The second kappa shape index (κ2) is 8.88.